The lowest BCUT2D eigenvalue weighted by Gasteiger charge is -2.10. The Balaban J connectivity index is 1.46. The maximum absolute atomic E-state index is 13.1. The minimum Gasteiger partial charge on any atom is -0.336 e. The van der Waals surface area contributed by atoms with E-state index in [9.17, 15) is 35.9 Å². The second kappa shape index (κ2) is 9.12. The van der Waals surface area contributed by atoms with Gasteiger partial charge in [-0.15, -0.1) is 5.10 Å². The molecule has 13 heteroatoms. The highest BCUT2D eigenvalue weighted by molar-refractivity contribution is 5.89. The van der Waals surface area contributed by atoms with Gasteiger partial charge in [-0.3, -0.25) is 4.57 Å². The van der Waals surface area contributed by atoms with Crippen molar-refractivity contribution in [3.8, 4) is 11.4 Å². The fraction of sp³-hybridized carbons (Fsp3) is 0.318. The molecule has 0 saturated heterocycles. The molecule has 0 unspecified atom stereocenters. The van der Waals surface area contributed by atoms with Crippen molar-refractivity contribution in [1.82, 2.24) is 19.7 Å². The number of carbonyl (C=O) groups excluding carboxylic acids is 1. The van der Waals surface area contributed by atoms with Crippen molar-refractivity contribution in [1.29, 1.82) is 0 Å². The Kier molecular flexibility index (Phi) is 6.34. The van der Waals surface area contributed by atoms with Gasteiger partial charge in [-0.2, -0.15) is 26.3 Å². The first-order valence-corrected chi connectivity index (χ1v) is 10.5. The van der Waals surface area contributed by atoms with Crippen LogP contribution in [0.4, 0.5) is 36.8 Å². The average molecular weight is 499 g/mol. The molecule has 0 radical (unpaired) electrons. The molecule has 2 amide bonds. The lowest BCUT2D eigenvalue weighted by molar-refractivity contribution is -0.138. The van der Waals surface area contributed by atoms with Crippen molar-refractivity contribution < 1.29 is 31.1 Å². The van der Waals surface area contributed by atoms with Crippen molar-refractivity contribution in [2.24, 2.45) is 0 Å². The minimum atomic E-state index is -4.56. The lowest BCUT2D eigenvalue weighted by Crippen LogP contribution is -2.34. The van der Waals surface area contributed by atoms with Gasteiger partial charge in [0.1, 0.15) is 0 Å². The largest absolute Gasteiger partial charge is 0.416 e. The number of carbonyl (C=O) groups is 1. The van der Waals surface area contributed by atoms with Crippen LogP contribution in [0.3, 0.4) is 0 Å². The number of benzene rings is 2. The Bertz CT molecular complexity index is 1290. The molecule has 2 N–H and O–H groups in total. The number of rotatable bonds is 6. The maximum atomic E-state index is 13.1. The van der Waals surface area contributed by atoms with Crippen LogP contribution in [0.25, 0.3) is 11.4 Å². The maximum Gasteiger partial charge on any atom is 0.416 e. The van der Waals surface area contributed by atoms with Crippen molar-refractivity contribution >= 4 is 11.7 Å². The summed E-state index contributed by atoms with van der Waals surface area (Å²) in [7, 11) is 0. The van der Waals surface area contributed by atoms with Gasteiger partial charge in [-0.25, -0.2) is 14.3 Å². The second-order valence-electron chi connectivity index (χ2n) is 7.97. The van der Waals surface area contributed by atoms with Crippen LogP contribution in [-0.4, -0.2) is 26.9 Å². The van der Waals surface area contributed by atoms with E-state index in [0.29, 0.717) is 12.8 Å². The van der Waals surface area contributed by atoms with E-state index >= 15 is 0 Å². The van der Waals surface area contributed by atoms with Gasteiger partial charge in [0.25, 0.3) is 0 Å². The predicted molar refractivity (Wildman–Crippen MR) is 114 cm³/mol. The fourth-order valence-corrected chi connectivity index (χ4v) is 3.48. The summed E-state index contributed by atoms with van der Waals surface area (Å²) < 4.78 is 80.2. The lowest BCUT2D eigenvalue weighted by atomic mass is 10.1. The molecular weight excluding hydrogens is 480 g/mol. The number of nitrogens with one attached hydrogen (secondary N) is 2. The van der Waals surface area contributed by atoms with Gasteiger partial charge in [0.2, 0.25) is 0 Å². The molecule has 1 aromatic heterocycles. The van der Waals surface area contributed by atoms with Gasteiger partial charge in [0.05, 0.1) is 17.7 Å². The SMILES string of the molecule is O=C(NCCn1nc(-c2cccc(C(F)(F)F)c2)n(C2CC2)c1=O)Nc1cccc(C(F)(F)F)c1. The summed E-state index contributed by atoms with van der Waals surface area (Å²) in [6, 6.07) is 7.64. The van der Waals surface area contributed by atoms with Crippen molar-refractivity contribution in [2.75, 3.05) is 11.9 Å². The predicted octanol–water partition coefficient (Wildman–Crippen LogP) is 4.91. The van der Waals surface area contributed by atoms with Gasteiger partial charge < -0.3 is 10.6 Å². The summed E-state index contributed by atoms with van der Waals surface area (Å²) in [5.74, 6) is 0.0945. The highest BCUT2D eigenvalue weighted by Gasteiger charge is 2.33. The number of alkyl halides is 6. The topological polar surface area (TPSA) is 81.0 Å². The van der Waals surface area contributed by atoms with Crippen LogP contribution in [0.15, 0.2) is 53.3 Å². The molecule has 1 aliphatic rings. The number of anilines is 1. The molecule has 35 heavy (non-hydrogen) atoms. The molecule has 4 rings (SSSR count). The summed E-state index contributed by atoms with van der Waals surface area (Å²) in [6.07, 6.45) is -7.74. The third-order valence-corrected chi connectivity index (χ3v) is 5.29. The summed E-state index contributed by atoms with van der Waals surface area (Å²) in [4.78, 5) is 24.9. The van der Waals surface area contributed by atoms with Gasteiger partial charge in [0, 0.05) is 23.8 Å². The quantitative estimate of drug-likeness (QED) is 0.474. The fourth-order valence-electron chi connectivity index (χ4n) is 3.48. The first kappa shape index (κ1) is 24.4. The number of amides is 2. The monoisotopic (exact) mass is 499 g/mol. The van der Waals surface area contributed by atoms with E-state index in [1.807, 2.05) is 0 Å². The normalized spacial score (nSPS) is 14.1. The molecule has 1 aliphatic carbocycles. The Morgan fingerprint density at radius 3 is 2.23 bits per heavy atom. The van der Waals surface area contributed by atoms with Crippen LogP contribution in [0.5, 0.6) is 0 Å². The average Bonchev–Trinajstić information content (AvgIpc) is 3.56. The van der Waals surface area contributed by atoms with Crippen LogP contribution in [-0.2, 0) is 18.9 Å². The Morgan fingerprint density at radius 2 is 1.60 bits per heavy atom. The van der Waals surface area contributed by atoms with E-state index in [2.05, 4.69) is 15.7 Å². The van der Waals surface area contributed by atoms with E-state index in [0.717, 1.165) is 35.0 Å². The zero-order valence-electron chi connectivity index (χ0n) is 18.0. The molecule has 0 atom stereocenters. The molecule has 0 bridgehead atoms. The first-order chi connectivity index (χ1) is 16.4. The number of urea groups is 1. The number of aromatic nitrogens is 3. The molecule has 1 fully saturated rings. The van der Waals surface area contributed by atoms with Crippen LogP contribution in [0, 0.1) is 0 Å². The van der Waals surface area contributed by atoms with E-state index in [-0.39, 0.29) is 36.2 Å². The summed E-state index contributed by atoms with van der Waals surface area (Å²) in [5, 5.41) is 8.88. The Hall–Kier alpha value is -3.77. The second-order valence-corrected chi connectivity index (χ2v) is 7.97. The molecule has 1 heterocycles. The minimum absolute atomic E-state index is 0.0701. The Morgan fingerprint density at radius 1 is 0.971 bits per heavy atom. The molecule has 3 aromatic rings. The molecule has 7 nitrogen and oxygen atoms in total. The molecular formula is C22H19F6N5O2. The molecule has 1 saturated carbocycles. The van der Waals surface area contributed by atoms with E-state index in [1.54, 1.807) is 0 Å². The van der Waals surface area contributed by atoms with Crippen LogP contribution < -0.4 is 16.3 Å². The highest BCUT2D eigenvalue weighted by atomic mass is 19.4. The molecule has 186 valence electrons. The zero-order chi connectivity index (χ0) is 25.4. The van der Waals surface area contributed by atoms with E-state index in [1.165, 1.54) is 22.8 Å². The number of nitrogens with zero attached hydrogens (tertiary/aromatic N) is 3. The zero-order valence-corrected chi connectivity index (χ0v) is 18.0. The van der Waals surface area contributed by atoms with Crippen molar-refractivity contribution in [2.45, 2.75) is 37.8 Å². The number of hydrogen-bond donors (Lipinski definition) is 2. The van der Waals surface area contributed by atoms with Gasteiger partial charge in [-0.1, -0.05) is 18.2 Å². The molecule has 0 spiro atoms. The van der Waals surface area contributed by atoms with E-state index < -0.39 is 35.2 Å². The first-order valence-electron chi connectivity index (χ1n) is 10.5. The third kappa shape index (κ3) is 5.66. The van der Waals surface area contributed by atoms with Gasteiger partial charge in [-0.05, 0) is 43.2 Å². The van der Waals surface area contributed by atoms with Crippen molar-refractivity contribution in [3.05, 3.63) is 70.1 Å². The van der Waals surface area contributed by atoms with Crippen LogP contribution in [0.1, 0.15) is 30.0 Å². The molecule has 2 aromatic carbocycles. The molecule has 0 aliphatic heterocycles. The van der Waals surface area contributed by atoms with E-state index in [4.69, 9.17) is 0 Å². The summed E-state index contributed by atoms with van der Waals surface area (Å²) in [6.45, 7) is -0.199. The number of hydrogen-bond acceptors (Lipinski definition) is 3. The summed E-state index contributed by atoms with van der Waals surface area (Å²) >= 11 is 0. The summed E-state index contributed by atoms with van der Waals surface area (Å²) in [5.41, 5.74) is -2.25. The van der Waals surface area contributed by atoms with Gasteiger partial charge >= 0.3 is 24.1 Å². The van der Waals surface area contributed by atoms with Crippen LogP contribution in [0.2, 0.25) is 0 Å². The van der Waals surface area contributed by atoms with Gasteiger partial charge in [0.15, 0.2) is 5.82 Å². The third-order valence-electron chi connectivity index (χ3n) is 5.29. The standard InChI is InChI=1S/C22H19F6N5O2/c23-21(24,25)14-4-1-3-13(11-14)18-31-32(20(35)33(18)17-7-8-17)10-9-29-19(34)30-16-6-2-5-15(12-16)22(26,27)28/h1-6,11-12,17H,7-10H2,(H2,29,30,34). The van der Waals surface area contributed by atoms with Crippen LogP contribution >= 0.6 is 0 Å². The highest BCUT2D eigenvalue weighted by Crippen LogP contribution is 2.37. The number of halogens is 6. The smallest absolute Gasteiger partial charge is 0.336 e. The Labute approximate surface area is 194 Å². The van der Waals surface area contributed by atoms with Crippen molar-refractivity contribution in [3.63, 3.8) is 0 Å².